The van der Waals surface area contributed by atoms with Gasteiger partial charge >= 0.3 is 5.97 Å². The summed E-state index contributed by atoms with van der Waals surface area (Å²) in [5.41, 5.74) is 4.57. The number of benzene rings is 1. The highest BCUT2D eigenvalue weighted by Gasteiger charge is 1.81. The third-order valence-corrected chi connectivity index (χ3v) is 0.931. The average molecular weight is 203 g/mol. The van der Waals surface area contributed by atoms with E-state index in [9.17, 15) is 4.79 Å². The zero-order valence-corrected chi connectivity index (χ0v) is 7.97. The number of hydrogen-bond acceptors (Lipinski definition) is 3. The van der Waals surface area contributed by atoms with Crippen molar-refractivity contribution in [3.63, 3.8) is 0 Å². The zero-order valence-electron chi connectivity index (χ0n) is 6.97. The van der Waals surface area contributed by atoms with Gasteiger partial charge in [0.05, 0.1) is 6.54 Å². The Labute approximate surface area is 83.4 Å². The van der Waals surface area contributed by atoms with E-state index in [-0.39, 0.29) is 20.0 Å². The van der Waals surface area contributed by atoms with Gasteiger partial charge in [0.25, 0.3) is 0 Å². The van der Waals surface area contributed by atoms with E-state index in [0.29, 0.717) is 5.75 Å². The highest BCUT2D eigenvalue weighted by Crippen LogP contribution is 2.02. The molecule has 0 heterocycles. The summed E-state index contributed by atoms with van der Waals surface area (Å²) in [5.74, 6) is -0.646. The van der Waals surface area contributed by atoms with Crippen molar-refractivity contribution >= 4 is 19.5 Å². The van der Waals surface area contributed by atoms with Crippen LogP contribution in [0.3, 0.4) is 0 Å². The summed E-state index contributed by atoms with van der Waals surface area (Å²) >= 11 is 0. The number of aliphatic carboxylic acids is 1. The molecule has 0 spiro atoms. The summed E-state index contributed by atoms with van der Waals surface area (Å²) in [7, 11) is 0. The topological polar surface area (TPSA) is 83.6 Å². The van der Waals surface area contributed by atoms with E-state index < -0.39 is 5.97 Å². The number of hydrogen-bond donors (Lipinski definition) is 3. The number of nitrogens with two attached hydrogens (primary N) is 1. The molecule has 0 unspecified atom stereocenters. The molecule has 0 atom stereocenters. The molecule has 0 aliphatic heterocycles. The molecule has 0 fully saturated rings. The van der Waals surface area contributed by atoms with E-state index in [1.54, 1.807) is 24.3 Å². The number of carboxylic acid groups (broad SMARTS) is 1. The van der Waals surface area contributed by atoms with E-state index in [4.69, 9.17) is 10.2 Å². The molecule has 74 valence electrons. The summed E-state index contributed by atoms with van der Waals surface area (Å²) in [6.07, 6.45) is 0. The minimum Gasteiger partial charge on any atom is -0.508 e. The minimum absolute atomic E-state index is 0. The van der Waals surface area contributed by atoms with Gasteiger partial charge in [0.2, 0.25) is 0 Å². The van der Waals surface area contributed by atoms with Crippen LogP contribution in [0.4, 0.5) is 0 Å². The number of rotatable bonds is 1. The Morgan fingerprint density at radius 2 is 1.69 bits per heavy atom. The van der Waals surface area contributed by atoms with Crippen molar-refractivity contribution in [3.8, 4) is 5.75 Å². The standard InChI is InChI=1S/C6H6O.C2H5NO2.H2S/c7-6-4-2-1-3-5-6;3-1-2(4)5;/h1-5,7H;1,3H2,(H,4,5);1H2. The number of para-hydroxylation sites is 1. The molecule has 5 heteroatoms. The normalized spacial score (nSPS) is 7.46. The Morgan fingerprint density at radius 1 is 1.31 bits per heavy atom. The summed E-state index contributed by atoms with van der Waals surface area (Å²) < 4.78 is 0. The molecule has 1 aromatic rings. The number of carboxylic acids is 1. The van der Waals surface area contributed by atoms with Crippen LogP contribution >= 0.6 is 13.5 Å². The van der Waals surface area contributed by atoms with Crippen LogP contribution in [-0.4, -0.2) is 22.7 Å². The quantitative estimate of drug-likeness (QED) is 0.622. The minimum atomic E-state index is -0.968. The summed E-state index contributed by atoms with van der Waals surface area (Å²) in [6, 6.07) is 8.71. The highest BCUT2D eigenvalue weighted by molar-refractivity contribution is 7.59. The molecule has 0 amide bonds. The molecular formula is C8H13NO3S. The molecule has 0 saturated heterocycles. The summed E-state index contributed by atoms with van der Waals surface area (Å²) in [5, 5.41) is 16.2. The molecule has 0 radical (unpaired) electrons. The third-order valence-electron chi connectivity index (χ3n) is 0.931. The molecule has 4 N–H and O–H groups in total. The first-order valence-electron chi connectivity index (χ1n) is 3.32. The SMILES string of the molecule is NCC(=O)O.Oc1ccccc1.S. The van der Waals surface area contributed by atoms with Gasteiger partial charge in [0.15, 0.2) is 0 Å². The van der Waals surface area contributed by atoms with Gasteiger partial charge in [0, 0.05) is 0 Å². The lowest BCUT2D eigenvalue weighted by atomic mass is 10.3. The second-order valence-electron chi connectivity index (χ2n) is 1.93. The lowest BCUT2D eigenvalue weighted by Gasteiger charge is -1.82. The van der Waals surface area contributed by atoms with Gasteiger partial charge in [-0.15, -0.1) is 0 Å². The van der Waals surface area contributed by atoms with Crippen LogP contribution in [0.2, 0.25) is 0 Å². The second kappa shape index (κ2) is 8.89. The van der Waals surface area contributed by atoms with Gasteiger partial charge in [-0.25, -0.2) is 0 Å². The van der Waals surface area contributed by atoms with Crippen LogP contribution in [0.25, 0.3) is 0 Å². The predicted molar refractivity (Wildman–Crippen MR) is 55.2 cm³/mol. The van der Waals surface area contributed by atoms with Crippen LogP contribution in [0.5, 0.6) is 5.75 Å². The van der Waals surface area contributed by atoms with Crippen molar-refractivity contribution in [2.75, 3.05) is 6.54 Å². The molecule has 0 aliphatic carbocycles. The van der Waals surface area contributed by atoms with Crippen molar-refractivity contribution in [2.45, 2.75) is 0 Å². The van der Waals surface area contributed by atoms with Crippen molar-refractivity contribution in [2.24, 2.45) is 5.73 Å². The van der Waals surface area contributed by atoms with Crippen LogP contribution < -0.4 is 5.73 Å². The molecule has 1 aromatic carbocycles. The monoisotopic (exact) mass is 203 g/mol. The first-order valence-corrected chi connectivity index (χ1v) is 3.32. The molecule has 0 bridgehead atoms. The number of carbonyl (C=O) groups is 1. The first-order chi connectivity index (χ1) is 5.66. The van der Waals surface area contributed by atoms with Crippen LogP contribution in [0, 0.1) is 0 Å². The zero-order chi connectivity index (χ0) is 9.40. The fourth-order valence-electron chi connectivity index (χ4n) is 0.428. The average Bonchev–Trinajstić information content (AvgIpc) is 2.07. The maximum absolute atomic E-state index is 9.24. The van der Waals surface area contributed by atoms with E-state index >= 15 is 0 Å². The molecule has 0 saturated carbocycles. The molecular weight excluding hydrogens is 190 g/mol. The van der Waals surface area contributed by atoms with Gasteiger partial charge in [-0.2, -0.15) is 13.5 Å². The number of phenols is 1. The van der Waals surface area contributed by atoms with Gasteiger partial charge in [0.1, 0.15) is 5.75 Å². The Balaban J connectivity index is 0. The first kappa shape index (κ1) is 14.3. The lowest BCUT2D eigenvalue weighted by Crippen LogP contribution is -2.10. The third kappa shape index (κ3) is 10.8. The largest absolute Gasteiger partial charge is 0.508 e. The smallest absolute Gasteiger partial charge is 0.317 e. The molecule has 0 aromatic heterocycles. The van der Waals surface area contributed by atoms with Gasteiger partial charge in [-0.1, -0.05) is 18.2 Å². The van der Waals surface area contributed by atoms with Crippen molar-refractivity contribution in [3.05, 3.63) is 30.3 Å². The van der Waals surface area contributed by atoms with Crippen LogP contribution in [0.15, 0.2) is 30.3 Å². The van der Waals surface area contributed by atoms with Crippen LogP contribution in [0.1, 0.15) is 0 Å². The maximum Gasteiger partial charge on any atom is 0.317 e. The van der Waals surface area contributed by atoms with E-state index in [1.165, 1.54) is 0 Å². The Bertz CT molecular complexity index is 228. The maximum atomic E-state index is 9.24. The van der Waals surface area contributed by atoms with Crippen molar-refractivity contribution in [1.29, 1.82) is 0 Å². The van der Waals surface area contributed by atoms with E-state index in [0.717, 1.165) is 0 Å². The fourth-order valence-corrected chi connectivity index (χ4v) is 0.428. The van der Waals surface area contributed by atoms with Gasteiger partial charge in [-0.3, -0.25) is 4.79 Å². The van der Waals surface area contributed by atoms with E-state index in [2.05, 4.69) is 5.73 Å². The van der Waals surface area contributed by atoms with Gasteiger partial charge in [-0.05, 0) is 12.1 Å². The molecule has 4 nitrogen and oxygen atoms in total. The van der Waals surface area contributed by atoms with E-state index in [1.807, 2.05) is 6.07 Å². The second-order valence-corrected chi connectivity index (χ2v) is 1.93. The Kier molecular flexibility index (Phi) is 9.80. The lowest BCUT2D eigenvalue weighted by molar-refractivity contribution is -0.135. The Hall–Kier alpha value is -1.20. The van der Waals surface area contributed by atoms with Crippen molar-refractivity contribution in [1.82, 2.24) is 0 Å². The summed E-state index contributed by atoms with van der Waals surface area (Å²) in [6.45, 7) is -0.278. The predicted octanol–water partition coefficient (Wildman–Crippen LogP) is 0.535. The van der Waals surface area contributed by atoms with Crippen molar-refractivity contribution < 1.29 is 15.0 Å². The molecule has 0 aliphatic rings. The highest BCUT2D eigenvalue weighted by atomic mass is 32.1. The molecule has 1 rings (SSSR count). The molecule has 13 heavy (non-hydrogen) atoms. The fraction of sp³-hybridized carbons (Fsp3) is 0.125. The Morgan fingerprint density at radius 3 is 1.85 bits per heavy atom. The summed E-state index contributed by atoms with van der Waals surface area (Å²) in [4.78, 5) is 9.24. The van der Waals surface area contributed by atoms with Crippen LogP contribution in [-0.2, 0) is 4.79 Å². The van der Waals surface area contributed by atoms with Gasteiger partial charge < -0.3 is 15.9 Å². The number of phenolic OH excluding ortho intramolecular Hbond substituents is 1. The number of aromatic hydroxyl groups is 1.